The smallest absolute Gasteiger partial charge is 0.317 e. The van der Waals surface area contributed by atoms with Crippen LogP contribution in [0.25, 0.3) is 0 Å². The topological polar surface area (TPSA) is 63.6 Å². The molecule has 1 aliphatic rings. The van der Waals surface area contributed by atoms with Crippen molar-refractivity contribution < 1.29 is 19.4 Å². The predicted octanol–water partition coefficient (Wildman–Crippen LogP) is 3.09. The number of esters is 1. The highest BCUT2D eigenvalue weighted by atomic mass is 32.2. The Labute approximate surface area is 128 Å². The van der Waals surface area contributed by atoms with Gasteiger partial charge in [0.1, 0.15) is 11.7 Å². The largest absolute Gasteiger partial charge is 0.511 e. The fourth-order valence-electron chi connectivity index (χ4n) is 2.53. The van der Waals surface area contributed by atoms with Crippen molar-refractivity contribution in [1.82, 2.24) is 0 Å². The van der Waals surface area contributed by atoms with Crippen LogP contribution >= 0.6 is 11.8 Å². The Kier molecular flexibility index (Phi) is 5.07. The van der Waals surface area contributed by atoms with Crippen molar-refractivity contribution in [2.45, 2.75) is 24.2 Å². The number of hydrogen-bond acceptors (Lipinski definition) is 5. The first-order valence-electron chi connectivity index (χ1n) is 6.80. The van der Waals surface area contributed by atoms with E-state index >= 15 is 0 Å². The molecule has 1 aromatic rings. The highest BCUT2D eigenvalue weighted by Gasteiger charge is 2.38. The van der Waals surface area contributed by atoms with Crippen molar-refractivity contribution in [3.63, 3.8) is 0 Å². The minimum Gasteiger partial charge on any atom is -0.511 e. The maximum Gasteiger partial charge on any atom is 0.317 e. The Balaban J connectivity index is 2.34. The summed E-state index contributed by atoms with van der Waals surface area (Å²) in [6, 6.07) is 7.69. The quantitative estimate of drug-likeness (QED) is 0.684. The molecule has 2 rings (SSSR count). The average molecular weight is 306 g/mol. The van der Waals surface area contributed by atoms with Gasteiger partial charge in [0, 0.05) is 23.3 Å². The fraction of sp³-hybridized carbons (Fsp3) is 0.375. The lowest BCUT2D eigenvalue weighted by atomic mass is 9.77. The van der Waals surface area contributed by atoms with Crippen LogP contribution in [0.2, 0.25) is 0 Å². The Bertz CT molecular complexity index is 562. The maximum atomic E-state index is 12.1. The van der Waals surface area contributed by atoms with Gasteiger partial charge in [-0.2, -0.15) is 0 Å². The second kappa shape index (κ2) is 6.80. The molecule has 0 heterocycles. The van der Waals surface area contributed by atoms with Gasteiger partial charge in [-0.05, 0) is 30.9 Å². The molecule has 1 N–H and O–H groups in total. The minimum atomic E-state index is -0.803. The van der Waals surface area contributed by atoms with E-state index in [4.69, 9.17) is 4.74 Å². The number of allylic oxidation sites excluding steroid dienone is 1. The molecule has 5 heteroatoms. The lowest BCUT2D eigenvalue weighted by Crippen LogP contribution is -2.31. The molecule has 112 valence electrons. The summed E-state index contributed by atoms with van der Waals surface area (Å²) in [7, 11) is 0. The van der Waals surface area contributed by atoms with E-state index in [9.17, 15) is 14.7 Å². The van der Waals surface area contributed by atoms with Crippen molar-refractivity contribution >= 4 is 23.5 Å². The second-order valence-corrected chi connectivity index (χ2v) is 5.73. The number of hydrogen-bond donors (Lipinski definition) is 1. The number of ketones is 1. The van der Waals surface area contributed by atoms with Crippen molar-refractivity contribution in [1.29, 1.82) is 0 Å². The highest BCUT2D eigenvalue weighted by molar-refractivity contribution is 7.98. The number of aliphatic hydroxyl groups excluding tert-OH is 1. The first-order valence-corrected chi connectivity index (χ1v) is 8.03. The Morgan fingerprint density at radius 3 is 2.62 bits per heavy atom. The summed E-state index contributed by atoms with van der Waals surface area (Å²) in [5, 5.41) is 10.0. The molecular weight excluding hydrogens is 288 g/mol. The SMILES string of the molecule is CCOC(=O)C1C(O)=CC(=O)CC1c1ccc(SC)cc1. The molecule has 0 amide bonds. The lowest BCUT2D eigenvalue weighted by molar-refractivity contribution is -0.148. The lowest BCUT2D eigenvalue weighted by Gasteiger charge is -2.28. The molecule has 0 aromatic heterocycles. The molecule has 0 bridgehead atoms. The van der Waals surface area contributed by atoms with Gasteiger partial charge < -0.3 is 9.84 Å². The van der Waals surface area contributed by atoms with Crippen LogP contribution in [-0.2, 0) is 14.3 Å². The van der Waals surface area contributed by atoms with Crippen LogP contribution < -0.4 is 0 Å². The van der Waals surface area contributed by atoms with Gasteiger partial charge in [0.2, 0.25) is 0 Å². The van der Waals surface area contributed by atoms with E-state index in [1.54, 1.807) is 18.7 Å². The van der Waals surface area contributed by atoms with Crippen LogP contribution in [-0.4, -0.2) is 29.7 Å². The third kappa shape index (κ3) is 3.47. The molecule has 0 fully saturated rings. The molecule has 21 heavy (non-hydrogen) atoms. The number of carbonyl (C=O) groups excluding carboxylic acids is 2. The summed E-state index contributed by atoms with van der Waals surface area (Å²) in [6.07, 6.45) is 3.32. The number of benzene rings is 1. The van der Waals surface area contributed by atoms with Crippen molar-refractivity contribution in [3.8, 4) is 0 Å². The van der Waals surface area contributed by atoms with Gasteiger partial charge in [-0.3, -0.25) is 9.59 Å². The van der Waals surface area contributed by atoms with E-state index in [1.165, 1.54) is 0 Å². The van der Waals surface area contributed by atoms with Crippen LogP contribution in [0.15, 0.2) is 41.0 Å². The molecule has 0 spiro atoms. The van der Waals surface area contributed by atoms with E-state index < -0.39 is 11.9 Å². The normalized spacial score (nSPS) is 21.8. The van der Waals surface area contributed by atoms with Gasteiger partial charge >= 0.3 is 5.97 Å². The molecule has 2 unspecified atom stereocenters. The van der Waals surface area contributed by atoms with Crippen LogP contribution in [0.3, 0.4) is 0 Å². The minimum absolute atomic E-state index is 0.174. The van der Waals surface area contributed by atoms with E-state index in [0.29, 0.717) is 0 Å². The van der Waals surface area contributed by atoms with E-state index in [0.717, 1.165) is 16.5 Å². The first kappa shape index (κ1) is 15.6. The Morgan fingerprint density at radius 1 is 1.38 bits per heavy atom. The number of aliphatic hydroxyl groups is 1. The van der Waals surface area contributed by atoms with Crippen LogP contribution in [0.5, 0.6) is 0 Å². The number of ether oxygens (including phenoxy) is 1. The van der Waals surface area contributed by atoms with Crippen LogP contribution in [0, 0.1) is 5.92 Å². The third-order valence-electron chi connectivity index (χ3n) is 3.54. The second-order valence-electron chi connectivity index (χ2n) is 4.85. The molecule has 0 saturated carbocycles. The average Bonchev–Trinajstić information content (AvgIpc) is 2.46. The predicted molar refractivity (Wildman–Crippen MR) is 81.4 cm³/mol. The summed E-state index contributed by atoms with van der Waals surface area (Å²) in [5.41, 5.74) is 0.860. The Hall–Kier alpha value is -1.75. The summed E-state index contributed by atoms with van der Waals surface area (Å²) in [4.78, 5) is 24.9. The zero-order valence-electron chi connectivity index (χ0n) is 12.0. The van der Waals surface area contributed by atoms with Crippen LogP contribution in [0.1, 0.15) is 24.8 Å². The maximum absolute atomic E-state index is 12.1. The zero-order valence-corrected chi connectivity index (χ0v) is 12.9. The van der Waals surface area contributed by atoms with Crippen molar-refractivity contribution in [2.75, 3.05) is 12.9 Å². The summed E-state index contributed by atoms with van der Waals surface area (Å²) < 4.78 is 5.03. The van der Waals surface area contributed by atoms with Gasteiger partial charge in [0.25, 0.3) is 0 Å². The highest BCUT2D eigenvalue weighted by Crippen LogP contribution is 2.37. The van der Waals surface area contributed by atoms with Gasteiger partial charge in [-0.25, -0.2) is 0 Å². The molecule has 1 aliphatic carbocycles. The molecule has 4 nitrogen and oxygen atoms in total. The Morgan fingerprint density at radius 2 is 2.05 bits per heavy atom. The molecule has 2 atom stereocenters. The molecule has 0 radical (unpaired) electrons. The number of thioether (sulfide) groups is 1. The first-order chi connectivity index (χ1) is 10.1. The molecule has 0 aliphatic heterocycles. The van der Waals surface area contributed by atoms with E-state index in [1.807, 2.05) is 30.5 Å². The number of carbonyl (C=O) groups is 2. The zero-order chi connectivity index (χ0) is 15.4. The summed E-state index contributed by atoms with van der Waals surface area (Å²) in [5.74, 6) is -2.05. The van der Waals surface area contributed by atoms with Gasteiger partial charge in [-0.15, -0.1) is 11.8 Å². The summed E-state index contributed by atoms with van der Waals surface area (Å²) >= 11 is 1.62. The van der Waals surface area contributed by atoms with E-state index in [-0.39, 0.29) is 30.5 Å². The van der Waals surface area contributed by atoms with Gasteiger partial charge in [0.15, 0.2) is 5.78 Å². The van der Waals surface area contributed by atoms with Crippen molar-refractivity contribution in [3.05, 3.63) is 41.7 Å². The molecular formula is C16H18O4S. The fourth-order valence-corrected chi connectivity index (χ4v) is 2.94. The molecule has 1 aromatic carbocycles. The van der Waals surface area contributed by atoms with Gasteiger partial charge in [-0.1, -0.05) is 12.1 Å². The monoisotopic (exact) mass is 306 g/mol. The molecule has 0 saturated heterocycles. The number of rotatable bonds is 4. The van der Waals surface area contributed by atoms with E-state index in [2.05, 4.69) is 0 Å². The standard InChI is InChI=1S/C16H18O4S/c1-3-20-16(19)15-13(8-11(17)9-14(15)18)10-4-6-12(21-2)7-5-10/h4-7,9,13,15,18H,3,8H2,1-2H3. The van der Waals surface area contributed by atoms with Gasteiger partial charge in [0.05, 0.1) is 6.61 Å². The third-order valence-corrected chi connectivity index (χ3v) is 4.28. The van der Waals surface area contributed by atoms with Crippen LogP contribution in [0.4, 0.5) is 0 Å². The summed E-state index contributed by atoms with van der Waals surface area (Å²) in [6.45, 7) is 1.96. The van der Waals surface area contributed by atoms with Crippen molar-refractivity contribution in [2.24, 2.45) is 5.92 Å².